The summed E-state index contributed by atoms with van der Waals surface area (Å²) in [5.41, 5.74) is 0.126. The van der Waals surface area contributed by atoms with Gasteiger partial charge in [0.2, 0.25) is 0 Å². The molecule has 0 saturated heterocycles. The van der Waals surface area contributed by atoms with Crippen molar-refractivity contribution in [1.29, 1.82) is 0 Å². The van der Waals surface area contributed by atoms with Gasteiger partial charge in [-0.2, -0.15) is 0 Å². The van der Waals surface area contributed by atoms with E-state index in [9.17, 15) is 9.59 Å². The Morgan fingerprint density at radius 3 is 1.24 bits per heavy atom. The molecule has 0 atom stereocenters. The summed E-state index contributed by atoms with van der Waals surface area (Å²) in [6.45, 7) is 9.05. The Bertz CT molecular complexity index is 389. The fraction of sp³-hybridized carbons (Fsp3) is 0.920. The summed E-state index contributed by atoms with van der Waals surface area (Å²) in [6, 6.07) is 0. The van der Waals surface area contributed by atoms with Crippen molar-refractivity contribution in [1.82, 2.24) is 0 Å². The van der Waals surface area contributed by atoms with Crippen molar-refractivity contribution in [2.45, 2.75) is 130 Å². The summed E-state index contributed by atoms with van der Waals surface area (Å²) in [6.07, 6.45) is 15.8. The molecule has 4 nitrogen and oxygen atoms in total. The lowest BCUT2D eigenvalue weighted by molar-refractivity contribution is -0.138. The Morgan fingerprint density at radius 1 is 0.586 bits per heavy atom. The number of rotatable bonds is 20. The molecule has 0 aromatic heterocycles. The Hall–Kier alpha value is -1.06. The van der Waals surface area contributed by atoms with E-state index in [0.717, 1.165) is 37.5 Å². The van der Waals surface area contributed by atoms with Gasteiger partial charge in [-0.25, -0.2) is 0 Å². The highest BCUT2D eigenvalue weighted by Crippen LogP contribution is 2.41. The number of hydrogen-bond acceptors (Lipinski definition) is 2. The van der Waals surface area contributed by atoms with Crippen molar-refractivity contribution in [3.63, 3.8) is 0 Å². The monoisotopic (exact) mass is 412 g/mol. The van der Waals surface area contributed by atoms with Crippen LogP contribution in [0.3, 0.4) is 0 Å². The van der Waals surface area contributed by atoms with E-state index in [1.54, 1.807) is 0 Å². The number of carboxylic acid groups (broad SMARTS) is 2. The van der Waals surface area contributed by atoms with Gasteiger partial charge >= 0.3 is 11.9 Å². The minimum atomic E-state index is -0.724. The molecule has 2 N–H and O–H groups in total. The van der Waals surface area contributed by atoms with Gasteiger partial charge in [-0.15, -0.1) is 0 Å². The molecular weight excluding hydrogens is 364 g/mol. The van der Waals surface area contributed by atoms with Crippen LogP contribution in [0.2, 0.25) is 0 Å². The summed E-state index contributed by atoms with van der Waals surface area (Å²) in [5, 5.41) is 18.2. The van der Waals surface area contributed by atoms with E-state index < -0.39 is 11.9 Å². The van der Waals surface area contributed by atoms with Gasteiger partial charge in [0.15, 0.2) is 0 Å². The number of carboxylic acids is 2. The maximum Gasteiger partial charge on any atom is 0.303 e. The lowest BCUT2D eigenvalue weighted by Gasteiger charge is -2.35. The number of aliphatic carboxylic acids is 2. The minimum absolute atomic E-state index is 0.126. The normalized spacial score (nSPS) is 12.1. The largest absolute Gasteiger partial charge is 0.481 e. The fourth-order valence-corrected chi connectivity index (χ4v) is 4.44. The maximum absolute atomic E-state index is 11.0. The van der Waals surface area contributed by atoms with Gasteiger partial charge in [-0.3, -0.25) is 9.59 Å². The van der Waals surface area contributed by atoms with Gasteiger partial charge < -0.3 is 10.2 Å². The third-order valence-corrected chi connectivity index (χ3v) is 6.17. The molecule has 0 bridgehead atoms. The number of carbonyl (C=O) groups is 2. The molecule has 0 amide bonds. The van der Waals surface area contributed by atoms with Crippen molar-refractivity contribution in [2.24, 2.45) is 17.3 Å². The first-order chi connectivity index (χ1) is 13.7. The van der Waals surface area contributed by atoms with Gasteiger partial charge in [0.1, 0.15) is 0 Å². The van der Waals surface area contributed by atoms with E-state index in [2.05, 4.69) is 27.7 Å². The van der Waals surface area contributed by atoms with Gasteiger partial charge in [-0.05, 0) is 55.8 Å². The quantitative estimate of drug-likeness (QED) is 0.201. The number of hydrogen-bond donors (Lipinski definition) is 2. The average Bonchev–Trinajstić information content (AvgIpc) is 2.59. The molecule has 0 aromatic carbocycles. The van der Waals surface area contributed by atoms with Crippen LogP contribution in [0.15, 0.2) is 0 Å². The van der Waals surface area contributed by atoms with Crippen LogP contribution in [0.25, 0.3) is 0 Å². The maximum atomic E-state index is 11.0. The van der Waals surface area contributed by atoms with Crippen LogP contribution in [0.1, 0.15) is 130 Å². The van der Waals surface area contributed by atoms with E-state index in [1.165, 1.54) is 51.4 Å². The summed E-state index contributed by atoms with van der Waals surface area (Å²) in [4.78, 5) is 22.1. The second-order valence-electron chi connectivity index (χ2n) is 9.98. The van der Waals surface area contributed by atoms with Crippen LogP contribution >= 0.6 is 0 Å². The second kappa shape index (κ2) is 16.7. The summed E-state index contributed by atoms with van der Waals surface area (Å²) < 4.78 is 0. The third-order valence-electron chi connectivity index (χ3n) is 6.17. The van der Waals surface area contributed by atoms with E-state index in [0.29, 0.717) is 12.8 Å². The standard InChI is InChI=1S/C25H48O4/c1-21(2)13-7-5-9-17-25(19-11-15-23(26)27,20-12-16-24(28)29)18-10-6-8-14-22(3)4/h21-22H,5-20H2,1-4H3,(H,26,27)(H,28,29). The smallest absolute Gasteiger partial charge is 0.303 e. The molecule has 0 spiro atoms. The van der Waals surface area contributed by atoms with E-state index in [4.69, 9.17) is 10.2 Å². The van der Waals surface area contributed by atoms with E-state index in [1.807, 2.05) is 0 Å². The Balaban J connectivity index is 4.85. The van der Waals surface area contributed by atoms with Crippen molar-refractivity contribution in [2.75, 3.05) is 0 Å². The average molecular weight is 413 g/mol. The number of unbranched alkanes of at least 4 members (excludes halogenated alkanes) is 4. The molecule has 172 valence electrons. The first-order valence-electron chi connectivity index (χ1n) is 12.1. The minimum Gasteiger partial charge on any atom is -0.481 e. The van der Waals surface area contributed by atoms with Crippen LogP contribution in [-0.2, 0) is 9.59 Å². The Labute approximate surface area is 179 Å². The topological polar surface area (TPSA) is 74.6 Å². The molecule has 4 heteroatoms. The van der Waals surface area contributed by atoms with Gasteiger partial charge in [-0.1, -0.05) is 79.1 Å². The van der Waals surface area contributed by atoms with Gasteiger partial charge in [0.05, 0.1) is 0 Å². The SMILES string of the molecule is CC(C)CCCCCC(CCCCCC(C)C)(CCCC(=O)O)CCCC(=O)O. The molecule has 0 aromatic rings. The summed E-state index contributed by atoms with van der Waals surface area (Å²) >= 11 is 0. The third kappa shape index (κ3) is 17.5. The molecule has 0 radical (unpaired) electrons. The molecular formula is C25H48O4. The zero-order valence-electron chi connectivity index (χ0n) is 19.7. The van der Waals surface area contributed by atoms with Gasteiger partial charge in [0, 0.05) is 12.8 Å². The lowest BCUT2D eigenvalue weighted by Crippen LogP contribution is -2.22. The molecule has 0 heterocycles. The highest BCUT2D eigenvalue weighted by molar-refractivity contribution is 5.66. The molecule has 0 unspecified atom stereocenters. The molecule has 29 heavy (non-hydrogen) atoms. The first kappa shape index (κ1) is 27.9. The van der Waals surface area contributed by atoms with Crippen LogP contribution in [0, 0.1) is 17.3 Å². The van der Waals surface area contributed by atoms with Crippen molar-refractivity contribution >= 4 is 11.9 Å². The predicted octanol–water partition coefficient (Wildman–Crippen LogP) is 7.70. The first-order valence-corrected chi connectivity index (χ1v) is 12.1. The van der Waals surface area contributed by atoms with Crippen LogP contribution in [-0.4, -0.2) is 22.2 Å². The molecule has 0 aliphatic heterocycles. The van der Waals surface area contributed by atoms with Crippen LogP contribution < -0.4 is 0 Å². The molecule has 0 rings (SSSR count). The molecule has 0 aliphatic carbocycles. The second-order valence-corrected chi connectivity index (χ2v) is 9.98. The van der Waals surface area contributed by atoms with Crippen molar-refractivity contribution in [3.05, 3.63) is 0 Å². The Morgan fingerprint density at radius 2 is 0.931 bits per heavy atom. The van der Waals surface area contributed by atoms with Gasteiger partial charge in [0.25, 0.3) is 0 Å². The molecule has 0 fully saturated rings. The van der Waals surface area contributed by atoms with Crippen LogP contribution in [0.5, 0.6) is 0 Å². The lowest BCUT2D eigenvalue weighted by atomic mass is 9.70. The Kier molecular flexibility index (Phi) is 16.1. The zero-order chi connectivity index (χ0) is 22.1. The van der Waals surface area contributed by atoms with Crippen LogP contribution in [0.4, 0.5) is 0 Å². The predicted molar refractivity (Wildman–Crippen MR) is 121 cm³/mol. The highest BCUT2D eigenvalue weighted by Gasteiger charge is 2.29. The summed E-state index contributed by atoms with van der Waals surface area (Å²) in [5.74, 6) is 0.0373. The zero-order valence-corrected chi connectivity index (χ0v) is 19.7. The summed E-state index contributed by atoms with van der Waals surface area (Å²) in [7, 11) is 0. The van der Waals surface area contributed by atoms with Crippen molar-refractivity contribution in [3.8, 4) is 0 Å². The molecule has 0 saturated carbocycles. The van der Waals surface area contributed by atoms with E-state index >= 15 is 0 Å². The van der Waals surface area contributed by atoms with Crippen molar-refractivity contribution < 1.29 is 19.8 Å². The van der Waals surface area contributed by atoms with E-state index in [-0.39, 0.29) is 18.3 Å². The fourth-order valence-electron chi connectivity index (χ4n) is 4.44. The molecule has 0 aliphatic rings. The highest BCUT2D eigenvalue weighted by atomic mass is 16.4.